The number of rotatable bonds is 4. The first-order valence-electron chi connectivity index (χ1n) is 6.47. The number of carbonyl (C=O) groups excluding carboxylic acids is 2. The van der Waals surface area contributed by atoms with Gasteiger partial charge in [-0.3, -0.25) is 4.79 Å². The van der Waals surface area contributed by atoms with Crippen molar-refractivity contribution in [1.82, 2.24) is 0 Å². The summed E-state index contributed by atoms with van der Waals surface area (Å²) in [7, 11) is 2.98. The Balaban J connectivity index is 2.15. The Morgan fingerprint density at radius 1 is 1.09 bits per heavy atom. The highest BCUT2D eigenvalue weighted by atomic mass is 16.7. The van der Waals surface area contributed by atoms with Gasteiger partial charge in [0.2, 0.25) is 0 Å². The molecule has 0 aromatic heterocycles. The minimum atomic E-state index is -0.633. The van der Waals surface area contributed by atoms with Crippen LogP contribution in [0.4, 0.5) is 0 Å². The number of methoxy groups -OCH3 is 2. The first-order valence-corrected chi connectivity index (χ1v) is 6.47. The standard InChI is InChI=1S/C16H15NO5/c1-10-8-12(18)5-6-13(10)17-22-16(19)11-4-7-14(20-2)15(9-11)21-3/h4-9H,1-3H3. The molecule has 0 saturated carbocycles. The van der Waals surface area contributed by atoms with E-state index in [1.807, 2.05) is 0 Å². The number of hydrogen-bond acceptors (Lipinski definition) is 6. The Morgan fingerprint density at radius 3 is 2.45 bits per heavy atom. The largest absolute Gasteiger partial charge is 0.493 e. The monoisotopic (exact) mass is 301 g/mol. The van der Waals surface area contributed by atoms with Gasteiger partial charge in [-0.25, -0.2) is 4.79 Å². The number of hydrogen-bond donors (Lipinski definition) is 0. The Kier molecular flexibility index (Phi) is 4.73. The van der Waals surface area contributed by atoms with E-state index in [1.165, 1.54) is 38.5 Å². The fourth-order valence-corrected chi connectivity index (χ4v) is 1.84. The maximum absolute atomic E-state index is 12.0. The Labute approximate surface area is 127 Å². The molecule has 0 saturated heterocycles. The molecule has 0 atom stereocenters. The van der Waals surface area contributed by atoms with Crippen LogP contribution < -0.4 is 9.47 Å². The molecule has 114 valence electrons. The normalized spacial score (nSPS) is 15.5. The molecule has 1 aromatic rings. The van der Waals surface area contributed by atoms with Crippen molar-refractivity contribution >= 4 is 17.5 Å². The molecule has 6 nitrogen and oxygen atoms in total. The van der Waals surface area contributed by atoms with Crippen LogP contribution in [0.15, 0.2) is 47.2 Å². The number of allylic oxidation sites excluding steroid dienone is 4. The second-order valence-electron chi connectivity index (χ2n) is 4.49. The van der Waals surface area contributed by atoms with Crippen molar-refractivity contribution in [3.05, 3.63) is 47.6 Å². The smallest absolute Gasteiger partial charge is 0.365 e. The molecule has 0 bridgehead atoms. The van der Waals surface area contributed by atoms with Crippen LogP contribution in [0.1, 0.15) is 17.3 Å². The van der Waals surface area contributed by atoms with Crippen LogP contribution in [-0.2, 0) is 9.63 Å². The van der Waals surface area contributed by atoms with Gasteiger partial charge in [-0.2, -0.15) is 0 Å². The van der Waals surface area contributed by atoms with Crippen molar-refractivity contribution in [2.45, 2.75) is 6.92 Å². The average molecular weight is 301 g/mol. The van der Waals surface area contributed by atoms with Crippen LogP contribution in [0.3, 0.4) is 0 Å². The Bertz CT molecular complexity index is 700. The first-order chi connectivity index (χ1) is 10.5. The molecule has 0 unspecified atom stereocenters. The number of oxime groups is 1. The molecule has 0 amide bonds. The van der Waals surface area contributed by atoms with Gasteiger partial charge in [0.1, 0.15) is 5.71 Å². The Morgan fingerprint density at radius 2 is 1.82 bits per heavy atom. The van der Waals surface area contributed by atoms with Crippen LogP contribution in [-0.4, -0.2) is 31.7 Å². The lowest BCUT2D eigenvalue weighted by molar-refractivity contribution is -0.110. The van der Waals surface area contributed by atoms with Crippen molar-refractivity contribution in [3.8, 4) is 11.5 Å². The predicted octanol–water partition coefficient (Wildman–Crippen LogP) is 2.30. The molecule has 0 aliphatic heterocycles. The van der Waals surface area contributed by atoms with Crippen molar-refractivity contribution in [3.63, 3.8) is 0 Å². The third-order valence-electron chi connectivity index (χ3n) is 3.01. The molecular formula is C16H15NO5. The average Bonchev–Trinajstić information content (AvgIpc) is 2.53. The first kappa shape index (κ1) is 15.5. The molecule has 0 spiro atoms. The van der Waals surface area contributed by atoms with E-state index in [4.69, 9.17) is 14.3 Å². The Hall–Kier alpha value is -2.89. The van der Waals surface area contributed by atoms with E-state index in [0.717, 1.165) is 0 Å². The topological polar surface area (TPSA) is 74.2 Å². The van der Waals surface area contributed by atoms with E-state index >= 15 is 0 Å². The van der Waals surface area contributed by atoms with E-state index in [1.54, 1.807) is 19.1 Å². The highest BCUT2D eigenvalue weighted by molar-refractivity contribution is 6.19. The number of nitrogens with zero attached hydrogens (tertiary/aromatic N) is 1. The van der Waals surface area contributed by atoms with E-state index in [-0.39, 0.29) is 11.3 Å². The van der Waals surface area contributed by atoms with Crippen LogP contribution in [0.25, 0.3) is 0 Å². The third kappa shape index (κ3) is 3.41. The van der Waals surface area contributed by atoms with Crippen LogP contribution in [0.2, 0.25) is 0 Å². The summed E-state index contributed by atoms with van der Waals surface area (Å²) in [6, 6.07) is 4.66. The summed E-state index contributed by atoms with van der Waals surface area (Å²) >= 11 is 0. The number of benzene rings is 1. The lowest BCUT2D eigenvalue weighted by Crippen LogP contribution is -2.08. The number of carbonyl (C=O) groups is 2. The maximum Gasteiger partial charge on any atom is 0.365 e. The molecule has 0 radical (unpaired) electrons. The maximum atomic E-state index is 12.0. The summed E-state index contributed by atoms with van der Waals surface area (Å²) in [4.78, 5) is 28.0. The minimum Gasteiger partial charge on any atom is -0.493 e. The third-order valence-corrected chi connectivity index (χ3v) is 3.01. The van der Waals surface area contributed by atoms with Gasteiger partial charge in [-0.05, 0) is 48.9 Å². The van der Waals surface area contributed by atoms with Gasteiger partial charge >= 0.3 is 5.97 Å². The van der Waals surface area contributed by atoms with E-state index in [9.17, 15) is 9.59 Å². The summed E-state index contributed by atoms with van der Waals surface area (Å²) < 4.78 is 10.2. The zero-order valence-electron chi connectivity index (χ0n) is 12.5. The molecule has 1 aliphatic carbocycles. The zero-order chi connectivity index (χ0) is 16.1. The highest BCUT2D eigenvalue weighted by Crippen LogP contribution is 2.27. The summed E-state index contributed by atoms with van der Waals surface area (Å²) in [6.45, 7) is 1.71. The number of ether oxygens (including phenoxy) is 2. The van der Waals surface area contributed by atoms with E-state index < -0.39 is 5.97 Å². The van der Waals surface area contributed by atoms with Crippen LogP contribution in [0, 0.1) is 0 Å². The van der Waals surface area contributed by atoms with E-state index in [2.05, 4.69) is 5.16 Å². The summed E-state index contributed by atoms with van der Waals surface area (Å²) in [5.74, 6) is 0.177. The quantitative estimate of drug-likeness (QED) is 0.484. The van der Waals surface area contributed by atoms with Crippen molar-refractivity contribution in [1.29, 1.82) is 0 Å². The van der Waals surface area contributed by atoms with Gasteiger partial charge in [0.05, 0.1) is 19.8 Å². The van der Waals surface area contributed by atoms with Gasteiger partial charge < -0.3 is 14.3 Å². The minimum absolute atomic E-state index is 0.123. The lowest BCUT2D eigenvalue weighted by atomic mass is 10.1. The van der Waals surface area contributed by atoms with Crippen LogP contribution >= 0.6 is 0 Å². The zero-order valence-corrected chi connectivity index (χ0v) is 12.5. The molecule has 1 aliphatic rings. The fraction of sp³-hybridized carbons (Fsp3) is 0.188. The van der Waals surface area contributed by atoms with Gasteiger partial charge in [-0.15, -0.1) is 0 Å². The second-order valence-corrected chi connectivity index (χ2v) is 4.49. The van der Waals surface area contributed by atoms with Gasteiger partial charge in [0.25, 0.3) is 0 Å². The van der Waals surface area contributed by atoms with Gasteiger partial charge in [0, 0.05) is 0 Å². The summed E-state index contributed by atoms with van der Waals surface area (Å²) in [5.41, 5.74) is 1.33. The molecule has 1 aromatic carbocycles. The number of ketones is 1. The van der Waals surface area contributed by atoms with E-state index in [0.29, 0.717) is 22.8 Å². The highest BCUT2D eigenvalue weighted by Gasteiger charge is 2.13. The van der Waals surface area contributed by atoms with Crippen molar-refractivity contribution in [2.75, 3.05) is 14.2 Å². The molecule has 6 heteroatoms. The van der Waals surface area contributed by atoms with Crippen molar-refractivity contribution in [2.24, 2.45) is 5.16 Å². The fourth-order valence-electron chi connectivity index (χ4n) is 1.84. The molecule has 22 heavy (non-hydrogen) atoms. The molecule has 0 fully saturated rings. The molecule has 0 N–H and O–H groups in total. The van der Waals surface area contributed by atoms with Gasteiger partial charge in [-0.1, -0.05) is 5.16 Å². The lowest BCUT2D eigenvalue weighted by Gasteiger charge is -2.08. The molecule has 2 rings (SSSR count). The van der Waals surface area contributed by atoms with Crippen LogP contribution in [0.5, 0.6) is 11.5 Å². The van der Waals surface area contributed by atoms with Gasteiger partial charge in [0.15, 0.2) is 17.3 Å². The SMILES string of the molecule is COc1ccc(C(=O)ON=C2C=CC(=O)C=C2C)cc1OC. The molecule has 0 heterocycles. The molecular weight excluding hydrogens is 286 g/mol. The second kappa shape index (κ2) is 6.71. The van der Waals surface area contributed by atoms with Crippen molar-refractivity contribution < 1.29 is 23.9 Å². The summed E-state index contributed by atoms with van der Waals surface area (Å²) in [5, 5.41) is 3.76. The predicted molar refractivity (Wildman–Crippen MR) is 80.3 cm³/mol. The summed E-state index contributed by atoms with van der Waals surface area (Å²) in [6.07, 6.45) is 4.28.